The van der Waals surface area contributed by atoms with Crippen LogP contribution >= 0.6 is 0 Å². The van der Waals surface area contributed by atoms with Gasteiger partial charge in [-0.15, -0.1) is 0 Å². The van der Waals surface area contributed by atoms with Gasteiger partial charge in [-0.25, -0.2) is 15.0 Å². The summed E-state index contributed by atoms with van der Waals surface area (Å²) in [4.78, 5) is 26.3. The Balaban J connectivity index is 1.74. The maximum absolute atomic E-state index is 13.0. The summed E-state index contributed by atoms with van der Waals surface area (Å²) < 4.78 is 7.19. The number of rotatable bonds is 6. The molecule has 3 aromatic heterocycles. The molecule has 0 saturated heterocycles. The molecule has 0 saturated carbocycles. The van der Waals surface area contributed by atoms with Crippen molar-refractivity contribution in [1.82, 2.24) is 19.5 Å². The Morgan fingerprint density at radius 3 is 2.78 bits per heavy atom. The largest absolute Gasteiger partial charge is 0.492 e. The third kappa shape index (κ3) is 4.88. The first-order chi connectivity index (χ1) is 15.3. The van der Waals surface area contributed by atoms with E-state index in [1.165, 1.54) is 10.9 Å². The summed E-state index contributed by atoms with van der Waals surface area (Å²) in [5.41, 5.74) is 0.200. The summed E-state index contributed by atoms with van der Waals surface area (Å²) in [6.45, 7) is 6.81. The Hall–Kier alpha value is -3.46. The van der Waals surface area contributed by atoms with Crippen LogP contribution in [0.25, 0.3) is 16.5 Å². The molecule has 0 unspecified atom stereocenters. The van der Waals surface area contributed by atoms with Gasteiger partial charge in [-0.05, 0) is 57.2 Å². The van der Waals surface area contributed by atoms with Crippen LogP contribution in [0.15, 0.2) is 41.6 Å². The number of aromatic nitrogens is 4. The second kappa shape index (κ2) is 8.96. The average molecular weight is 437 g/mol. The van der Waals surface area contributed by atoms with E-state index in [4.69, 9.17) is 4.74 Å². The van der Waals surface area contributed by atoms with Crippen LogP contribution in [0.2, 0.25) is 0 Å². The predicted molar refractivity (Wildman–Crippen MR) is 125 cm³/mol. The Bertz CT molecular complexity index is 1210. The van der Waals surface area contributed by atoms with E-state index in [0.717, 1.165) is 24.0 Å². The van der Waals surface area contributed by atoms with Crippen LogP contribution in [0.1, 0.15) is 39.3 Å². The number of hydrogen-bond donors (Lipinski definition) is 3. The lowest BCUT2D eigenvalue weighted by atomic mass is 10.1. The molecule has 0 spiro atoms. The maximum atomic E-state index is 13.0. The van der Waals surface area contributed by atoms with E-state index in [2.05, 4.69) is 25.6 Å². The van der Waals surface area contributed by atoms with Gasteiger partial charge in [0.1, 0.15) is 35.2 Å². The highest BCUT2D eigenvalue weighted by molar-refractivity contribution is 5.93. The highest BCUT2D eigenvalue weighted by Gasteiger charge is 2.18. The zero-order chi connectivity index (χ0) is 22.7. The van der Waals surface area contributed by atoms with Crippen LogP contribution in [0.5, 0.6) is 0 Å². The molecule has 3 aromatic rings. The normalized spacial score (nSPS) is 14.1. The van der Waals surface area contributed by atoms with Crippen molar-refractivity contribution in [2.24, 2.45) is 0 Å². The Morgan fingerprint density at radius 2 is 2.06 bits per heavy atom. The fourth-order valence-corrected chi connectivity index (χ4v) is 3.52. The summed E-state index contributed by atoms with van der Waals surface area (Å²) >= 11 is 0. The molecule has 0 aliphatic carbocycles. The Morgan fingerprint density at radius 1 is 1.22 bits per heavy atom. The van der Waals surface area contributed by atoms with E-state index in [1.54, 1.807) is 6.20 Å². The molecule has 4 heterocycles. The molecule has 4 rings (SSSR count). The first kappa shape index (κ1) is 21.8. The SMILES string of the molecule is CC(C)(C)Nc1nc(Nc2cc(C3=CCCCO3)ncn2)cc2ccn(CCO)c(=O)c12. The molecule has 0 amide bonds. The smallest absolute Gasteiger partial charge is 0.262 e. The second-order valence-corrected chi connectivity index (χ2v) is 8.71. The lowest BCUT2D eigenvalue weighted by molar-refractivity contribution is 0.257. The number of pyridine rings is 2. The molecular formula is C23H28N6O3. The standard InChI is InChI=1S/C23H28N6O3/c1-23(2,3)28-21-20-15(7-8-29(9-10-30)22(20)31)12-19(27-21)26-18-13-16(24-14-25-18)17-6-4-5-11-32-17/h6-8,12-14,30H,4-5,9-11H2,1-3H3,(H2,24,25,26,27,28). The lowest BCUT2D eigenvalue weighted by Crippen LogP contribution is -2.29. The van der Waals surface area contributed by atoms with Gasteiger partial charge in [-0.3, -0.25) is 4.79 Å². The van der Waals surface area contributed by atoms with Gasteiger partial charge in [-0.1, -0.05) is 0 Å². The van der Waals surface area contributed by atoms with Crippen LogP contribution in [0.4, 0.5) is 17.5 Å². The van der Waals surface area contributed by atoms with Crippen molar-refractivity contribution in [2.75, 3.05) is 23.8 Å². The number of hydrogen-bond acceptors (Lipinski definition) is 8. The first-order valence-corrected chi connectivity index (χ1v) is 10.7. The minimum Gasteiger partial charge on any atom is -0.492 e. The minimum absolute atomic E-state index is 0.114. The fourth-order valence-electron chi connectivity index (χ4n) is 3.52. The lowest BCUT2D eigenvalue weighted by Gasteiger charge is -2.23. The van der Waals surface area contributed by atoms with Gasteiger partial charge in [0.2, 0.25) is 0 Å². The maximum Gasteiger partial charge on any atom is 0.262 e. The van der Waals surface area contributed by atoms with Crippen LogP contribution in [0.3, 0.4) is 0 Å². The molecule has 0 aromatic carbocycles. The number of anilines is 3. The average Bonchev–Trinajstić information content (AvgIpc) is 2.75. The van der Waals surface area contributed by atoms with Gasteiger partial charge >= 0.3 is 0 Å². The number of fused-ring (bicyclic) bond motifs is 1. The van der Waals surface area contributed by atoms with E-state index < -0.39 is 0 Å². The van der Waals surface area contributed by atoms with Crippen molar-refractivity contribution in [3.05, 3.63) is 52.8 Å². The number of allylic oxidation sites excluding steroid dienone is 1. The van der Waals surface area contributed by atoms with Gasteiger partial charge < -0.3 is 25.0 Å². The molecule has 32 heavy (non-hydrogen) atoms. The third-order valence-corrected chi connectivity index (χ3v) is 4.90. The number of nitrogens with one attached hydrogen (secondary N) is 2. The molecule has 9 heteroatoms. The highest BCUT2D eigenvalue weighted by atomic mass is 16.5. The van der Waals surface area contributed by atoms with Gasteiger partial charge in [0.15, 0.2) is 0 Å². The van der Waals surface area contributed by atoms with E-state index in [9.17, 15) is 9.90 Å². The van der Waals surface area contributed by atoms with Crippen molar-refractivity contribution in [3.63, 3.8) is 0 Å². The monoisotopic (exact) mass is 436 g/mol. The number of aliphatic hydroxyl groups is 1. The van der Waals surface area contributed by atoms with Crippen molar-refractivity contribution in [2.45, 2.75) is 45.7 Å². The second-order valence-electron chi connectivity index (χ2n) is 8.71. The molecule has 168 valence electrons. The number of aliphatic hydroxyl groups excluding tert-OH is 1. The number of ether oxygens (including phenoxy) is 1. The van der Waals surface area contributed by atoms with E-state index in [-0.39, 0.29) is 24.2 Å². The van der Waals surface area contributed by atoms with Gasteiger partial charge in [0, 0.05) is 24.3 Å². The fraction of sp³-hybridized carbons (Fsp3) is 0.391. The summed E-state index contributed by atoms with van der Waals surface area (Å²) in [6.07, 6.45) is 7.17. The highest BCUT2D eigenvalue weighted by Crippen LogP contribution is 2.27. The summed E-state index contributed by atoms with van der Waals surface area (Å²) in [7, 11) is 0. The molecule has 3 N–H and O–H groups in total. The van der Waals surface area contributed by atoms with E-state index in [0.29, 0.717) is 35.1 Å². The van der Waals surface area contributed by atoms with Crippen molar-refractivity contribution < 1.29 is 9.84 Å². The van der Waals surface area contributed by atoms with E-state index in [1.807, 2.05) is 45.0 Å². The minimum atomic E-state index is -0.310. The van der Waals surface area contributed by atoms with Gasteiger partial charge in [0.05, 0.1) is 18.6 Å². The number of nitrogens with zero attached hydrogens (tertiary/aromatic N) is 4. The predicted octanol–water partition coefficient (Wildman–Crippen LogP) is 3.28. The molecule has 0 bridgehead atoms. The van der Waals surface area contributed by atoms with Crippen molar-refractivity contribution in [3.8, 4) is 0 Å². The van der Waals surface area contributed by atoms with Crippen LogP contribution < -0.4 is 16.2 Å². The molecule has 0 radical (unpaired) electrons. The Labute approximate surface area is 186 Å². The van der Waals surface area contributed by atoms with E-state index >= 15 is 0 Å². The first-order valence-electron chi connectivity index (χ1n) is 10.7. The quantitative estimate of drug-likeness (QED) is 0.539. The molecule has 1 aliphatic heterocycles. The van der Waals surface area contributed by atoms with Crippen molar-refractivity contribution in [1.29, 1.82) is 0 Å². The summed E-state index contributed by atoms with van der Waals surface area (Å²) in [5, 5.41) is 17.0. The zero-order valence-electron chi connectivity index (χ0n) is 18.6. The third-order valence-electron chi connectivity index (χ3n) is 4.90. The topological polar surface area (TPSA) is 114 Å². The molecule has 9 nitrogen and oxygen atoms in total. The molecular weight excluding hydrogens is 408 g/mol. The molecule has 1 aliphatic rings. The Kier molecular flexibility index (Phi) is 6.09. The summed E-state index contributed by atoms with van der Waals surface area (Å²) in [6, 6.07) is 5.48. The van der Waals surface area contributed by atoms with Gasteiger partial charge in [0.25, 0.3) is 5.56 Å². The van der Waals surface area contributed by atoms with Crippen LogP contribution in [-0.4, -0.2) is 43.4 Å². The van der Waals surface area contributed by atoms with Crippen LogP contribution in [0, 0.1) is 0 Å². The molecule has 0 atom stereocenters. The van der Waals surface area contributed by atoms with Crippen LogP contribution in [-0.2, 0) is 11.3 Å². The molecule has 0 fully saturated rings. The van der Waals surface area contributed by atoms with Crippen molar-refractivity contribution >= 4 is 34.0 Å². The van der Waals surface area contributed by atoms with Gasteiger partial charge in [-0.2, -0.15) is 0 Å². The summed E-state index contributed by atoms with van der Waals surface area (Å²) in [5.74, 6) is 2.36. The zero-order valence-corrected chi connectivity index (χ0v) is 18.6.